The summed E-state index contributed by atoms with van der Waals surface area (Å²) in [5.41, 5.74) is 2.59. The maximum atomic E-state index is 13.5. The van der Waals surface area contributed by atoms with E-state index in [1.165, 1.54) is 37.0 Å². The van der Waals surface area contributed by atoms with Crippen molar-refractivity contribution < 1.29 is 22.7 Å². The predicted octanol–water partition coefficient (Wildman–Crippen LogP) is 3.57. The molecule has 0 fully saturated rings. The van der Waals surface area contributed by atoms with E-state index >= 15 is 0 Å². The quantitative estimate of drug-likeness (QED) is 0.550. The zero-order valence-electron chi connectivity index (χ0n) is 20.1. The van der Waals surface area contributed by atoms with Gasteiger partial charge in [0.2, 0.25) is 15.7 Å². The molecule has 0 bridgehead atoms. The number of pyridine rings is 1. The summed E-state index contributed by atoms with van der Waals surface area (Å²) in [4.78, 5) is 25.6. The van der Waals surface area contributed by atoms with Crippen molar-refractivity contribution >= 4 is 21.4 Å². The smallest absolute Gasteiger partial charge is 0.270 e. The van der Waals surface area contributed by atoms with Crippen molar-refractivity contribution in [1.29, 1.82) is 0 Å². The summed E-state index contributed by atoms with van der Waals surface area (Å²) < 4.78 is 38.5. The van der Waals surface area contributed by atoms with Crippen molar-refractivity contribution in [3.63, 3.8) is 0 Å². The molecule has 2 aromatic carbocycles. The summed E-state index contributed by atoms with van der Waals surface area (Å²) in [7, 11) is -1.37. The van der Waals surface area contributed by atoms with Gasteiger partial charge in [0.25, 0.3) is 5.56 Å². The highest BCUT2D eigenvalue weighted by atomic mass is 32.2. The molecule has 1 heterocycles. The predicted molar refractivity (Wildman–Crippen MR) is 130 cm³/mol. The van der Waals surface area contributed by atoms with E-state index in [0.29, 0.717) is 22.7 Å². The Morgan fingerprint density at radius 1 is 0.941 bits per heavy atom. The van der Waals surface area contributed by atoms with E-state index in [1.807, 2.05) is 26.0 Å². The molecule has 3 aromatic rings. The zero-order valence-corrected chi connectivity index (χ0v) is 20.9. The number of hydrogen-bond donors (Lipinski definition) is 1. The van der Waals surface area contributed by atoms with Crippen LogP contribution < -0.4 is 20.3 Å². The standard InChI is InChI=1S/C25H28N2O6S/c1-15-8-7-9-20(18(15)4)26-23(28)14-27-17(3)12-16(2)24(25(27)29)34(30,31)19-10-11-21(32-5)22(13-19)33-6/h7-13H,14H2,1-6H3,(H,26,28). The van der Waals surface area contributed by atoms with Crippen LogP contribution in [0.15, 0.2) is 57.1 Å². The van der Waals surface area contributed by atoms with Crippen molar-refractivity contribution in [2.24, 2.45) is 0 Å². The van der Waals surface area contributed by atoms with Crippen LogP contribution in [0.4, 0.5) is 5.69 Å². The summed E-state index contributed by atoms with van der Waals surface area (Å²) in [5.74, 6) is 0.154. The van der Waals surface area contributed by atoms with Crippen LogP contribution in [0.1, 0.15) is 22.4 Å². The van der Waals surface area contributed by atoms with E-state index in [0.717, 1.165) is 11.1 Å². The Hall–Kier alpha value is -3.59. The molecule has 8 nitrogen and oxygen atoms in total. The van der Waals surface area contributed by atoms with Crippen LogP contribution in [0.2, 0.25) is 0 Å². The van der Waals surface area contributed by atoms with E-state index < -0.39 is 21.3 Å². The molecule has 0 spiro atoms. The zero-order chi connectivity index (χ0) is 25.2. The first-order valence-corrected chi connectivity index (χ1v) is 12.0. The van der Waals surface area contributed by atoms with Gasteiger partial charge in [-0.15, -0.1) is 0 Å². The number of sulfone groups is 1. The third-order valence-electron chi connectivity index (χ3n) is 5.76. The minimum Gasteiger partial charge on any atom is -0.493 e. The fourth-order valence-electron chi connectivity index (χ4n) is 3.75. The number of nitrogens with zero attached hydrogens (tertiary/aromatic N) is 1. The van der Waals surface area contributed by atoms with Gasteiger partial charge >= 0.3 is 0 Å². The fraction of sp³-hybridized carbons (Fsp3) is 0.280. The van der Waals surface area contributed by atoms with E-state index in [-0.39, 0.29) is 22.1 Å². The third kappa shape index (κ3) is 4.70. The minimum absolute atomic E-state index is 0.111. The average Bonchev–Trinajstić information content (AvgIpc) is 2.78. The first kappa shape index (κ1) is 25.0. The van der Waals surface area contributed by atoms with Crippen LogP contribution in [0, 0.1) is 27.7 Å². The Balaban J connectivity index is 2.04. The number of benzene rings is 2. The molecule has 0 aliphatic carbocycles. The molecule has 1 N–H and O–H groups in total. The number of amides is 1. The van der Waals surface area contributed by atoms with Gasteiger partial charge in [-0.05, 0) is 68.7 Å². The maximum Gasteiger partial charge on any atom is 0.270 e. The number of aromatic nitrogens is 1. The Kier molecular flexibility index (Phi) is 7.16. The normalized spacial score (nSPS) is 11.2. The largest absolute Gasteiger partial charge is 0.493 e. The molecule has 0 atom stereocenters. The Morgan fingerprint density at radius 3 is 2.26 bits per heavy atom. The molecule has 0 radical (unpaired) electrons. The molecule has 1 amide bonds. The lowest BCUT2D eigenvalue weighted by atomic mass is 10.1. The van der Waals surface area contributed by atoms with Gasteiger partial charge in [0.05, 0.1) is 19.1 Å². The van der Waals surface area contributed by atoms with Gasteiger partial charge in [0.15, 0.2) is 11.5 Å². The summed E-state index contributed by atoms with van der Waals surface area (Å²) in [6.07, 6.45) is 0. The number of rotatable bonds is 7. The first-order chi connectivity index (χ1) is 16.0. The van der Waals surface area contributed by atoms with E-state index in [2.05, 4.69) is 5.32 Å². The maximum absolute atomic E-state index is 13.5. The molecule has 0 aliphatic heterocycles. The molecular weight excluding hydrogens is 456 g/mol. The second kappa shape index (κ2) is 9.72. The minimum atomic E-state index is -4.20. The molecule has 0 saturated carbocycles. The summed E-state index contributed by atoms with van der Waals surface area (Å²) in [6.45, 7) is 6.72. The second-order valence-corrected chi connectivity index (χ2v) is 9.89. The molecule has 9 heteroatoms. The Labute approximate surface area is 199 Å². The van der Waals surface area contributed by atoms with Crippen LogP contribution in [0.5, 0.6) is 11.5 Å². The number of nitrogens with one attached hydrogen (secondary N) is 1. The van der Waals surface area contributed by atoms with Crippen molar-refractivity contribution in [2.75, 3.05) is 19.5 Å². The Bertz CT molecular complexity index is 1420. The van der Waals surface area contributed by atoms with E-state index in [9.17, 15) is 18.0 Å². The van der Waals surface area contributed by atoms with Gasteiger partial charge in [0.1, 0.15) is 11.4 Å². The molecule has 34 heavy (non-hydrogen) atoms. The van der Waals surface area contributed by atoms with Crippen molar-refractivity contribution in [1.82, 2.24) is 4.57 Å². The topological polar surface area (TPSA) is 104 Å². The highest BCUT2D eigenvalue weighted by Gasteiger charge is 2.27. The summed E-state index contributed by atoms with van der Waals surface area (Å²) in [6, 6.07) is 11.3. The lowest BCUT2D eigenvalue weighted by Crippen LogP contribution is -2.33. The van der Waals surface area contributed by atoms with Gasteiger partial charge < -0.3 is 19.4 Å². The van der Waals surface area contributed by atoms with Gasteiger partial charge in [-0.25, -0.2) is 8.42 Å². The number of methoxy groups -OCH3 is 2. The van der Waals surface area contributed by atoms with E-state index in [1.54, 1.807) is 26.0 Å². The monoisotopic (exact) mass is 484 g/mol. The average molecular weight is 485 g/mol. The number of carbonyl (C=O) groups is 1. The molecule has 0 saturated heterocycles. The number of hydrogen-bond acceptors (Lipinski definition) is 6. The van der Waals surface area contributed by atoms with Crippen molar-refractivity contribution in [3.8, 4) is 11.5 Å². The molecule has 0 aliphatic rings. The lowest BCUT2D eigenvalue weighted by Gasteiger charge is -2.16. The second-order valence-electron chi connectivity index (χ2n) is 8.01. The number of carbonyl (C=O) groups excluding carboxylic acids is 1. The summed E-state index contributed by atoms with van der Waals surface area (Å²) in [5, 5.41) is 2.81. The van der Waals surface area contributed by atoms with Crippen molar-refractivity contribution in [2.45, 2.75) is 44.0 Å². The number of aryl methyl sites for hydroxylation is 3. The van der Waals surface area contributed by atoms with Crippen molar-refractivity contribution in [3.05, 3.63) is 75.2 Å². The van der Waals surface area contributed by atoms with Crippen LogP contribution >= 0.6 is 0 Å². The molecule has 1 aromatic heterocycles. The highest BCUT2D eigenvalue weighted by molar-refractivity contribution is 7.91. The van der Waals surface area contributed by atoms with Gasteiger partial charge in [-0.1, -0.05) is 12.1 Å². The van der Waals surface area contributed by atoms with Crippen LogP contribution in [-0.2, 0) is 21.2 Å². The van der Waals surface area contributed by atoms with Crippen LogP contribution in [0.3, 0.4) is 0 Å². The molecule has 0 unspecified atom stereocenters. The molecule has 3 rings (SSSR count). The number of ether oxygens (including phenoxy) is 2. The molecule has 180 valence electrons. The lowest BCUT2D eigenvalue weighted by molar-refractivity contribution is -0.116. The SMILES string of the molecule is COc1ccc(S(=O)(=O)c2c(C)cc(C)n(CC(=O)Nc3cccc(C)c3C)c2=O)cc1OC. The van der Waals surface area contributed by atoms with E-state index in [4.69, 9.17) is 9.47 Å². The number of anilines is 1. The van der Waals surface area contributed by atoms with Gasteiger partial charge in [0, 0.05) is 17.4 Å². The highest BCUT2D eigenvalue weighted by Crippen LogP contribution is 2.32. The third-order valence-corrected chi connectivity index (χ3v) is 7.67. The summed E-state index contributed by atoms with van der Waals surface area (Å²) >= 11 is 0. The Morgan fingerprint density at radius 2 is 1.62 bits per heavy atom. The fourth-order valence-corrected chi connectivity index (χ4v) is 5.32. The first-order valence-electron chi connectivity index (χ1n) is 10.6. The van der Waals surface area contributed by atoms with Crippen LogP contribution in [0.25, 0.3) is 0 Å². The van der Waals surface area contributed by atoms with Crippen LogP contribution in [-0.4, -0.2) is 33.1 Å². The molecular formula is C25H28N2O6S. The van der Waals surface area contributed by atoms with Gasteiger partial charge in [-0.2, -0.15) is 0 Å². The van der Waals surface area contributed by atoms with Gasteiger partial charge in [-0.3, -0.25) is 9.59 Å².